The lowest BCUT2D eigenvalue weighted by molar-refractivity contribution is -0.137. The number of nitrogens with zero attached hydrogens (tertiary/aromatic N) is 3. The van der Waals surface area contributed by atoms with Gasteiger partial charge in [0.05, 0.1) is 6.67 Å². The Morgan fingerprint density at radius 3 is 2.27 bits per heavy atom. The Labute approximate surface area is 202 Å². The second-order valence-corrected chi connectivity index (χ2v) is 9.88. The third-order valence-electron chi connectivity index (χ3n) is 6.34. The number of carbonyl (C=O) groups excluding carboxylic acids is 3. The Morgan fingerprint density at radius 2 is 1.67 bits per heavy atom. The Balaban J connectivity index is 1.54. The summed E-state index contributed by atoms with van der Waals surface area (Å²) in [5.74, 6) is -0.227. The van der Waals surface area contributed by atoms with Gasteiger partial charge in [-0.1, -0.05) is 34.1 Å². The lowest BCUT2D eigenvalue weighted by atomic mass is 9.85. The van der Waals surface area contributed by atoms with E-state index in [4.69, 9.17) is 0 Å². The highest BCUT2D eigenvalue weighted by Gasteiger charge is 2.54. The summed E-state index contributed by atoms with van der Waals surface area (Å²) < 4.78 is 0.924. The van der Waals surface area contributed by atoms with Gasteiger partial charge < -0.3 is 20.0 Å². The molecule has 2 aromatic carbocycles. The van der Waals surface area contributed by atoms with Crippen LogP contribution in [0.3, 0.4) is 0 Å². The minimum absolute atomic E-state index is 0.0160. The molecule has 2 saturated heterocycles. The van der Waals surface area contributed by atoms with E-state index < -0.39 is 5.54 Å². The normalized spacial score (nSPS) is 17.7. The molecule has 2 aliphatic heterocycles. The van der Waals surface area contributed by atoms with Crippen LogP contribution in [-0.2, 0) is 9.59 Å². The minimum Gasteiger partial charge on any atom is -0.352 e. The summed E-state index contributed by atoms with van der Waals surface area (Å²) in [6.07, 6.45) is 1.04. The SMILES string of the molecule is CC(C)NC(=O)CN1CN(c2ccccc2)C2(CCN(C(=O)c3ccc(Br)cc3)CC2)C1=O. The monoisotopic (exact) mass is 512 g/mol. The predicted molar refractivity (Wildman–Crippen MR) is 131 cm³/mol. The zero-order valence-corrected chi connectivity index (χ0v) is 20.5. The van der Waals surface area contributed by atoms with Crippen LogP contribution in [0.15, 0.2) is 59.1 Å². The van der Waals surface area contributed by atoms with Crippen molar-refractivity contribution in [1.82, 2.24) is 15.1 Å². The summed E-state index contributed by atoms with van der Waals surface area (Å²) >= 11 is 3.40. The highest BCUT2D eigenvalue weighted by Crippen LogP contribution is 2.39. The molecular formula is C25H29BrN4O3. The quantitative estimate of drug-likeness (QED) is 0.667. The molecule has 0 aromatic heterocycles. The molecule has 1 N–H and O–H groups in total. The number of benzene rings is 2. The lowest BCUT2D eigenvalue weighted by Crippen LogP contribution is -2.57. The van der Waals surface area contributed by atoms with Crippen molar-refractivity contribution in [3.8, 4) is 0 Å². The molecular weight excluding hydrogens is 484 g/mol. The third-order valence-corrected chi connectivity index (χ3v) is 6.86. The van der Waals surface area contributed by atoms with Crippen LogP contribution in [-0.4, -0.2) is 65.4 Å². The molecule has 0 saturated carbocycles. The Kier molecular flexibility index (Phi) is 6.74. The van der Waals surface area contributed by atoms with Gasteiger partial charge in [0.2, 0.25) is 5.91 Å². The van der Waals surface area contributed by atoms with E-state index in [-0.39, 0.29) is 30.3 Å². The van der Waals surface area contributed by atoms with Gasteiger partial charge in [-0.2, -0.15) is 0 Å². The van der Waals surface area contributed by atoms with Gasteiger partial charge in [0, 0.05) is 34.9 Å². The van der Waals surface area contributed by atoms with Crippen LogP contribution in [0.4, 0.5) is 5.69 Å². The van der Waals surface area contributed by atoms with Gasteiger partial charge in [-0.3, -0.25) is 14.4 Å². The number of likely N-dealkylation sites (tertiary alicyclic amines) is 1. The fourth-order valence-electron chi connectivity index (χ4n) is 4.72. The number of para-hydroxylation sites is 1. The largest absolute Gasteiger partial charge is 0.352 e. The van der Waals surface area contributed by atoms with E-state index in [1.807, 2.05) is 73.3 Å². The molecule has 33 heavy (non-hydrogen) atoms. The molecule has 7 nitrogen and oxygen atoms in total. The Morgan fingerprint density at radius 1 is 1.03 bits per heavy atom. The Bertz CT molecular complexity index is 1020. The molecule has 2 aromatic rings. The molecule has 0 atom stereocenters. The summed E-state index contributed by atoms with van der Waals surface area (Å²) in [5.41, 5.74) is 0.833. The Hall–Kier alpha value is -2.87. The van der Waals surface area contributed by atoms with Crippen LogP contribution in [0, 0.1) is 0 Å². The van der Waals surface area contributed by atoms with Crippen molar-refractivity contribution in [3.63, 3.8) is 0 Å². The van der Waals surface area contributed by atoms with E-state index in [1.54, 1.807) is 4.90 Å². The second kappa shape index (κ2) is 9.55. The number of carbonyl (C=O) groups is 3. The minimum atomic E-state index is -0.754. The third kappa shape index (κ3) is 4.76. The number of piperidine rings is 1. The molecule has 0 bridgehead atoms. The van der Waals surface area contributed by atoms with E-state index in [2.05, 4.69) is 26.1 Å². The molecule has 4 rings (SSSR count). The molecule has 8 heteroatoms. The highest BCUT2D eigenvalue weighted by molar-refractivity contribution is 9.10. The predicted octanol–water partition coefficient (Wildman–Crippen LogP) is 3.25. The number of hydrogen-bond donors (Lipinski definition) is 1. The van der Waals surface area contributed by atoms with Crippen molar-refractivity contribution >= 4 is 39.3 Å². The number of hydrogen-bond acceptors (Lipinski definition) is 4. The fraction of sp³-hybridized carbons (Fsp3) is 0.400. The molecule has 2 aliphatic rings. The van der Waals surface area contributed by atoms with Crippen molar-refractivity contribution in [1.29, 1.82) is 0 Å². The molecule has 2 fully saturated rings. The van der Waals surface area contributed by atoms with Gasteiger partial charge in [0.25, 0.3) is 11.8 Å². The summed E-state index contributed by atoms with van der Waals surface area (Å²) in [7, 11) is 0. The first-order valence-electron chi connectivity index (χ1n) is 11.3. The highest BCUT2D eigenvalue weighted by atomic mass is 79.9. The van der Waals surface area contributed by atoms with Crippen molar-refractivity contribution in [2.45, 2.75) is 38.3 Å². The molecule has 3 amide bonds. The smallest absolute Gasteiger partial charge is 0.253 e. The molecule has 0 aliphatic carbocycles. The van der Waals surface area contributed by atoms with Crippen LogP contribution in [0.25, 0.3) is 0 Å². The van der Waals surface area contributed by atoms with E-state index in [1.165, 1.54) is 0 Å². The topological polar surface area (TPSA) is 73.0 Å². The van der Waals surface area contributed by atoms with Crippen molar-refractivity contribution in [3.05, 3.63) is 64.6 Å². The van der Waals surface area contributed by atoms with E-state index in [0.717, 1.165) is 10.2 Å². The van der Waals surface area contributed by atoms with Crippen LogP contribution < -0.4 is 10.2 Å². The van der Waals surface area contributed by atoms with E-state index >= 15 is 0 Å². The maximum absolute atomic E-state index is 13.7. The average molecular weight is 513 g/mol. The molecule has 0 radical (unpaired) electrons. The number of nitrogens with one attached hydrogen (secondary N) is 1. The molecule has 174 valence electrons. The van der Waals surface area contributed by atoms with Crippen LogP contribution in [0.2, 0.25) is 0 Å². The van der Waals surface area contributed by atoms with Crippen molar-refractivity contribution < 1.29 is 14.4 Å². The van der Waals surface area contributed by atoms with Crippen LogP contribution in [0.1, 0.15) is 37.0 Å². The molecule has 2 heterocycles. The van der Waals surface area contributed by atoms with Crippen molar-refractivity contribution in [2.75, 3.05) is 31.2 Å². The summed E-state index contributed by atoms with van der Waals surface area (Å²) in [6, 6.07) is 17.2. The fourth-order valence-corrected chi connectivity index (χ4v) is 4.98. The maximum Gasteiger partial charge on any atom is 0.253 e. The van der Waals surface area contributed by atoms with Gasteiger partial charge in [0.1, 0.15) is 12.1 Å². The lowest BCUT2D eigenvalue weighted by Gasteiger charge is -2.43. The number of halogens is 1. The zero-order valence-electron chi connectivity index (χ0n) is 19.0. The van der Waals surface area contributed by atoms with Gasteiger partial charge >= 0.3 is 0 Å². The maximum atomic E-state index is 13.7. The molecule has 0 unspecified atom stereocenters. The van der Waals surface area contributed by atoms with E-state index in [9.17, 15) is 14.4 Å². The average Bonchev–Trinajstić information content (AvgIpc) is 3.06. The first kappa shape index (κ1) is 23.3. The second-order valence-electron chi connectivity index (χ2n) is 8.96. The first-order valence-corrected chi connectivity index (χ1v) is 12.1. The van der Waals surface area contributed by atoms with E-state index in [0.29, 0.717) is 38.2 Å². The van der Waals surface area contributed by atoms with Gasteiger partial charge in [0.15, 0.2) is 0 Å². The summed E-state index contributed by atoms with van der Waals surface area (Å²) in [6.45, 7) is 5.16. The summed E-state index contributed by atoms with van der Waals surface area (Å²) in [4.78, 5) is 44.7. The summed E-state index contributed by atoms with van der Waals surface area (Å²) in [5, 5.41) is 2.87. The number of amides is 3. The zero-order chi connectivity index (χ0) is 23.6. The number of rotatable bonds is 5. The standard InChI is InChI=1S/C25H29BrN4O3/c1-18(2)27-22(31)16-29-17-30(21-6-4-3-5-7-21)25(24(29)33)12-14-28(15-13-25)23(32)19-8-10-20(26)11-9-19/h3-11,18H,12-17H2,1-2H3,(H,27,31). The molecule has 1 spiro atoms. The van der Waals surface area contributed by atoms with Gasteiger partial charge in [-0.15, -0.1) is 0 Å². The van der Waals surface area contributed by atoms with Crippen molar-refractivity contribution in [2.24, 2.45) is 0 Å². The van der Waals surface area contributed by atoms with Crippen LogP contribution in [0.5, 0.6) is 0 Å². The van der Waals surface area contributed by atoms with Gasteiger partial charge in [-0.25, -0.2) is 0 Å². The first-order chi connectivity index (χ1) is 15.8. The number of anilines is 1. The van der Waals surface area contributed by atoms with Crippen LogP contribution >= 0.6 is 15.9 Å². The van der Waals surface area contributed by atoms with Gasteiger partial charge in [-0.05, 0) is 63.1 Å².